The molecule has 2 aromatic rings. The van der Waals surface area contributed by atoms with Crippen molar-refractivity contribution in [1.82, 2.24) is 4.72 Å². The third-order valence-corrected chi connectivity index (χ3v) is 5.52. The number of hydrogen-bond acceptors (Lipinski definition) is 6. The van der Waals surface area contributed by atoms with Gasteiger partial charge in [0.05, 0.1) is 23.3 Å². The van der Waals surface area contributed by atoms with Crippen molar-refractivity contribution >= 4 is 27.6 Å². The maximum Gasteiger partial charge on any atom is 0.338 e. The maximum absolute atomic E-state index is 12.4. The number of anilines is 1. The molecule has 0 spiro atoms. The van der Waals surface area contributed by atoms with Gasteiger partial charge in [-0.3, -0.25) is 4.79 Å². The smallest absolute Gasteiger partial charge is 0.338 e. The highest BCUT2D eigenvalue weighted by Gasteiger charge is 2.22. The van der Waals surface area contributed by atoms with Crippen LogP contribution >= 0.6 is 0 Å². The predicted molar refractivity (Wildman–Crippen MR) is 109 cm³/mol. The summed E-state index contributed by atoms with van der Waals surface area (Å²) in [4.78, 5) is 24.7. The lowest BCUT2D eigenvalue weighted by Gasteiger charge is -2.16. The van der Waals surface area contributed by atoms with E-state index in [4.69, 9.17) is 9.47 Å². The number of carbonyl (C=O) groups excluding carboxylic acids is 2. The monoisotopic (exact) mass is 420 g/mol. The first-order valence-electron chi connectivity index (χ1n) is 8.94. The van der Waals surface area contributed by atoms with Crippen LogP contribution in [0.3, 0.4) is 0 Å². The van der Waals surface area contributed by atoms with E-state index in [1.54, 1.807) is 19.1 Å². The molecular formula is C20H24N2O6S. The zero-order valence-electron chi connectivity index (χ0n) is 16.7. The zero-order valence-corrected chi connectivity index (χ0v) is 17.5. The van der Waals surface area contributed by atoms with E-state index in [9.17, 15) is 18.0 Å². The van der Waals surface area contributed by atoms with Crippen LogP contribution in [-0.4, -0.2) is 40.1 Å². The number of aryl methyl sites for hydroxylation is 1. The summed E-state index contributed by atoms with van der Waals surface area (Å²) in [5.74, 6) is -0.875. The molecule has 0 aliphatic heterocycles. The Morgan fingerprint density at radius 3 is 2.52 bits per heavy atom. The molecular weight excluding hydrogens is 396 g/mol. The van der Waals surface area contributed by atoms with Gasteiger partial charge in [0.1, 0.15) is 5.75 Å². The van der Waals surface area contributed by atoms with Crippen LogP contribution in [0.25, 0.3) is 0 Å². The molecule has 0 aromatic heterocycles. The highest BCUT2D eigenvalue weighted by atomic mass is 32.2. The molecule has 0 saturated carbocycles. The van der Waals surface area contributed by atoms with Crippen LogP contribution in [0.5, 0.6) is 5.75 Å². The first-order valence-corrected chi connectivity index (χ1v) is 10.4. The number of methoxy groups -OCH3 is 1. The Labute approximate surface area is 170 Å². The first-order chi connectivity index (χ1) is 13.7. The van der Waals surface area contributed by atoms with E-state index in [1.165, 1.54) is 38.3 Å². The summed E-state index contributed by atoms with van der Waals surface area (Å²) in [5.41, 5.74) is 1.40. The number of esters is 1. The van der Waals surface area contributed by atoms with Crippen LogP contribution in [0.2, 0.25) is 0 Å². The van der Waals surface area contributed by atoms with Crippen LogP contribution in [0, 0.1) is 6.92 Å². The molecule has 29 heavy (non-hydrogen) atoms. The Hall–Kier alpha value is -2.91. The van der Waals surface area contributed by atoms with Gasteiger partial charge in [-0.05, 0) is 49.7 Å². The van der Waals surface area contributed by atoms with E-state index >= 15 is 0 Å². The molecule has 156 valence electrons. The lowest BCUT2D eigenvalue weighted by Crippen LogP contribution is -2.30. The lowest BCUT2D eigenvalue weighted by molar-refractivity contribution is -0.123. The van der Waals surface area contributed by atoms with Crippen LogP contribution < -0.4 is 14.8 Å². The summed E-state index contributed by atoms with van der Waals surface area (Å²) >= 11 is 0. The van der Waals surface area contributed by atoms with Crippen molar-refractivity contribution in [2.75, 3.05) is 19.0 Å². The normalized spacial score (nSPS) is 12.1. The second-order valence-corrected chi connectivity index (χ2v) is 8.04. The second kappa shape index (κ2) is 9.53. The summed E-state index contributed by atoms with van der Waals surface area (Å²) < 4.78 is 36.9. The fourth-order valence-corrected chi connectivity index (χ4v) is 3.59. The number of sulfonamides is 1. The molecule has 8 nitrogen and oxygen atoms in total. The molecule has 1 atom stereocenters. The molecule has 0 bridgehead atoms. The molecule has 2 rings (SSSR count). The first kappa shape index (κ1) is 22.4. The van der Waals surface area contributed by atoms with Gasteiger partial charge < -0.3 is 14.8 Å². The summed E-state index contributed by atoms with van der Waals surface area (Å²) in [6.45, 7) is 5.16. The Bertz CT molecular complexity index is 1000. The number of hydrogen-bond donors (Lipinski definition) is 2. The van der Waals surface area contributed by atoms with Crippen molar-refractivity contribution < 1.29 is 27.5 Å². The minimum Gasteiger partial charge on any atom is -0.495 e. The van der Waals surface area contributed by atoms with Crippen LogP contribution in [-0.2, 0) is 19.6 Å². The molecule has 0 aliphatic carbocycles. The summed E-state index contributed by atoms with van der Waals surface area (Å²) in [6, 6.07) is 10.7. The summed E-state index contributed by atoms with van der Waals surface area (Å²) in [6.07, 6.45) is -1.11. The van der Waals surface area contributed by atoms with Crippen LogP contribution in [0.4, 0.5) is 5.69 Å². The predicted octanol–water partition coefficient (Wildman–Crippen LogP) is 2.49. The SMILES string of the molecule is CCNS(=O)(=O)c1cccc(C(=O)OC(C)C(=O)Nc2cc(C)ccc2OC)c1. The van der Waals surface area contributed by atoms with Crippen molar-refractivity contribution in [2.24, 2.45) is 0 Å². The maximum atomic E-state index is 12.4. The average Bonchev–Trinajstić information content (AvgIpc) is 2.68. The van der Waals surface area contributed by atoms with Gasteiger partial charge in [-0.25, -0.2) is 17.9 Å². The Morgan fingerprint density at radius 2 is 1.86 bits per heavy atom. The lowest BCUT2D eigenvalue weighted by atomic mass is 10.2. The summed E-state index contributed by atoms with van der Waals surface area (Å²) in [7, 11) is -2.23. The highest BCUT2D eigenvalue weighted by Crippen LogP contribution is 2.25. The molecule has 9 heteroatoms. The molecule has 2 N–H and O–H groups in total. The van der Waals surface area contributed by atoms with E-state index in [-0.39, 0.29) is 17.0 Å². The third kappa shape index (κ3) is 5.78. The standard InChI is InChI=1S/C20H24N2O6S/c1-5-21-29(25,26)16-8-6-7-15(12-16)20(24)28-14(3)19(23)22-17-11-13(2)9-10-18(17)27-4/h6-12,14,21H,5H2,1-4H3,(H,22,23). The van der Waals surface area contributed by atoms with Gasteiger partial charge in [-0.15, -0.1) is 0 Å². The van der Waals surface area contributed by atoms with E-state index in [0.29, 0.717) is 11.4 Å². The molecule has 0 aliphatic rings. The van der Waals surface area contributed by atoms with Gasteiger partial charge >= 0.3 is 5.97 Å². The van der Waals surface area contributed by atoms with E-state index in [1.807, 2.05) is 13.0 Å². The van der Waals surface area contributed by atoms with Crippen molar-refractivity contribution in [3.8, 4) is 5.75 Å². The van der Waals surface area contributed by atoms with E-state index in [2.05, 4.69) is 10.0 Å². The van der Waals surface area contributed by atoms with E-state index < -0.39 is 28.0 Å². The third-order valence-electron chi connectivity index (χ3n) is 3.98. The average molecular weight is 420 g/mol. The van der Waals surface area contributed by atoms with Crippen LogP contribution in [0.15, 0.2) is 47.4 Å². The van der Waals surface area contributed by atoms with E-state index in [0.717, 1.165) is 5.56 Å². The molecule has 2 aromatic carbocycles. The quantitative estimate of drug-likeness (QED) is 0.635. The molecule has 0 saturated heterocycles. The van der Waals surface area contributed by atoms with Gasteiger partial charge in [0.25, 0.3) is 5.91 Å². The molecule has 0 heterocycles. The van der Waals surface area contributed by atoms with Gasteiger partial charge in [0.15, 0.2) is 6.10 Å². The Kier molecular flexibility index (Phi) is 7.35. The minimum atomic E-state index is -3.71. The topological polar surface area (TPSA) is 111 Å². The van der Waals surface area contributed by atoms with Gasteiger partial charge in [-0.2, -0.15) is 0 Å². The van der Waals surface area contributed by atoms with Crippen LogP contribution in [0.1, 0.15) is 29.8 Å². The number of rotatable bonds is 8. The van der Waals surface area contributed by atoms with Crippen molar-refractivity contribution in [3.63, 3.8) is 0 Å². The number of carbonyl (C=O) groups is 2. The molecule has 0 radical (unpaired) electrons. The second-order valence-electron chi connectivity index (χ2n) is 6.27. The van der Waals surface area contributed by atoms with Crippen molar-refractivity contribution in [1.29, 1.82) is 0 Å². The van der Waals surface area contributed by atoms with Crippen molar-refractivity contribution in [2.45, 2.75) is 31.8 Å². The van der Waals surface area contributed by atoms with Gasteiger partial charge in [-0.1, -0.05) is 19.1 Å². The molecule has 1 unspecified atom stereocenters. The minimum absolute atomic E-state index is 0.0248. The zero-order chi connectivity index (χ0) is 21.6. The highest BCUT2D eigenvalue weighted by molar-refractivity contribution is 7.89. The number of amides is 1. The number of benzene rings is 2. The number of ether oxygens (including phenoxy) is 2. The Morgan fingerprint density at radius 1 is 1.14 bits per heavy atom. The Balaban J connectivity index is 2.11. The fraction of sp³-hybridized carbons (Fsp3) is 0.300. The molecule has 1 amide bonds. The largest absolute Gasteiger partial charge is 0.495 e. The van der Waals surface area contributed by atoms with Gasteiger partial charge in [0, 0.05) is 6.54 Å². The number of nitrogens with one attached hydrogen (secondary N) is 2. The van der Waals surface area contributed by atoms with Crippen molar-refractivity contribution in [3.05, 3.63) is 53.6 Å². The fourth-order valence-electron chi connectivity index (χ4n) is 2.50. The van der Waals surface area contributed by atoms with Gasteiger partial charge in [0.2, 0.25) is 10.0 Å². The molecule has 0 fully saturated rings. The summed E-state index contributed by atoms with van der Waals surface area (Å²) in [5, 5.41) is 2.66.